The lowest BCUT2D eigenvalue weighted by Gasteiger charge is -2.32. The third-order valence-electron chi connectivity index (χ3n) is 6.17. The van der Waals surface area contributed by atoms with Crippen molar-refractivity contribution in [2.45, 2.75) is 38.6 Å². The van der Waals surface area contributed by atoms with Crippen LogP contribution in [0.2, 0.25) is 0 Å². The molecule has 7 heteroatoms. The van der Waals surface area contributed by atoms with E-state index in [-0.39, 0.29) is 23.8 Å². The molecule has 3 heterocycles. The molecule has 1 fully saturated rings. The molecule has 1 aliphatic rings. The summed E-state index contributed by atoms with van der Waals surface area (Å²) in [6.45, 7) is 3.56. The van der Waals surface area contributed by atoms with Crippen LogP contribution in [-0.4, -0.2) is 43.4 Å². The molecule has 4 aromatic rings. The molecular weight excluding hydrogens is 390 g/mol. The van der Waals surface area contributed by atoms with E-state index < -0.39 is 0 Å². The number of H-pyrrole nitrogens is 1. The number of fused-ring (bicyclic) bond motifs is 2. The van der Waals surface area contributed by atoms with Gasteiger partial charge < -0.3 is 9.88 Å². The van der Waals surface area contributed by atoms with E-state index in [1.165, 1.54) is 0 Å². The number of para-hydroxylation sites is 3. The zero-order chi connectivity index (χ0) is 21.4. The van der Waals surface area contributed by atoms with E-state index in [2.05, 4.69) is 9.97 Å². The first-order valence-corrected chi connectivity index (χ1v) is 10.8. The minimum absolute atomic E-state index is 0.0697. The molecule has 0 saturated carbocycles. The summed E-state index contributed by atoms with van der Waals surface area (Å²) < 4.78 is 1.61. The summed E-state index contributed by atoms with van der Waals surface area (Å²) in [6, 6.07) is 15.3. The lowest BCUT2D eigenvalue weighted by molar-refractivity contribution is -0.132. The summed E-state index contributed by atoms with van der Waals surface area (Å²) in [5.74, 6) is 1.86. The highest BCUT2D eigenvalue weighted by Crippen LogP contribution is 2.27. The molecule has 0 bridgehead atoms. The number of carbonyl (C=O) groups excluding carboxylic acids is 1. The first-order valence-electron chi connectivity index (χ1n) is 10.8. The largest absolute Gasteiger partial charge is 0.342 e. The number of likely N-dealkylation sites (tertiary alicyclic amines) is 1. The molecule has 0 spiro atoms. The maximum absolute atomic E-state index is 13.0. The molecule has 1 atom stereocenters. The van der Waals surface area contributed by atoms with Gasteiger partial charge in [-0.1, -0.05) is 24.3 Å². The number of aromatic nitrogens is 4. The first-order chi connectivity index (χ1) is 15.1. The van der Waals surface area contributed by atoms with Gasteiger partial charge in [0.05, 0.1) is 21.9 Å². The topological polar surface area (TPSA) is 83.9 Å². The van der Waals surface area contributed by atoms with Gasteiger partial charge in [-0.25, -0.2) is 9.97 Å². The smallest absolute Gasteiger partial charge is 0.261 e. The summed E-state index contributed by atoms with van der Waals surface area (Å²) in [4.78, 5) is 40.4. The van der Waals surface area contributed by atoms with Crippen LogP contribution in [0.5, 0.6) is 0 Å². The number of hydrogen-bond acceptors (Lipinski definition) is 4. The van der Waals surface area contributed by atoms with Gasteiger partial charge in [-0.15, -0.1) is 0 Å². The molecule has 31 heavy (non-hydrogen) atoms. The molecule has 2 aromatic carbocycles. The van der Waals surface area contributed by atoms with Crippen LogP contribution in [0.4, 0.5) is 0 Å². The molecule has 1 saturated heterocycles. The van der Waals surface area contributed by atoms with Gasteiger partial charge in [-0.05, 0) is 44.0 Å². The molecule has 1 aliphatic heterocycles. The van der Waals surface area contributed by atoms with Crippen molar-refractivity contribution >= 4 is 27.8 Å². The number of nitrogens with zero attached hydrogens (tertiary/aromatic N) is 4. The van der Waals surface area contributed by atoms with Crippen molar-refractivity contribution in [2.24, 2.45) is 0 Å². The Morgan fingerprint density at radius 3 is 2.71 bits per heavy atom. The van der Waals surface area contributed by atoms with Crippen LogP contribution in [0.25, 0.3) is 21.9 Å². The fourth-order valence-electron chi connectivity index (χ4n) is 4.50. The van der Waals surface area contributed by atoms with E-state index in [4.69, 9.17) is 4.98 Å². The molecule has 1 N–H and O–H groups in total. The van der Waals surface area contributed by atoms with Crippen LogP contribution in [0, 0.1) is 6.92 Å². The third-order valence-corrected chi connectivity index (χ3v) is 6.17. The fraction of sp³-hybridized carbons (Fsp3) is 0.333. The van der Waals surface area contributed by atoms with E-state index in [9.17, 15) is 9.59 Å². The van der Waals surface area contributed by atoms with Crippen molar-refractivity contribution in [1.29, 1.82) is 0 Å². The Labute approximate surface area is 179 Å². The molecule has 0 aliphatic carbocycles. The van der Waals surface area contributed by atoms with Crippen LogP contribution in [0.3, 0.4) is 0 Å². The summed E-state index contributed by atoms with van der Waals surface area (Å²) in [6.07, 6.45) is 2.24. The Morgan fingerprint density at radius 2 is 1.87 bits per heavy atom. The molecule has 158 valence electrons. The van der Waals surface area contributed by atoms with Crippen molar-refractivity contribution in [1.82, 2.24) is 24.4 Å². The number of nitrogens with one attached hydrogen (secondary N) is 1. The SMILES string of the molecule is Cc1nc2ccccc2c(=O)n1CCC(=O)N1CCC[C@H](c2nc3ccccc3[nH]2)C1. The zero-order valence-corrected chi connectivity index (χ0v) is 17.5. The first kappa shape index (κ1) is 19.5. The second-order valence-electron chi connectivity index (χ2n) is 8.20. The van der Waals surface area contributed by atoms with Crippen molar-refractivity contribution in [3.05, 3.63) is 70.5 Å². The number of carbonyl (C=O) groups is 1. The molecule has 1 amide bonds. The van der Waals surface area contributed by atoms with E-state index in [0.717, 1.165) is 36.2 Å². The minimum Gasteiger partial charge on any atom is -0.342 e. The van der Waals surface area contributed by atoms with Crippen molar-refractivity contribution < 1.29 is 4.79 Å². The van der Waals surface area contributed by atoms with Gasteiger partial charge in [0.2, 0.25) is 5.91 Å². The summed E-state index contributed by atoms with van der Waals surface area (Å²) in [7, 11) is 0. The van der Waals surface area contributed by atoms with Crippen LogP contribution in [-0.2, 0) is 11.3 Å². The highest BCUT2D eigenvalue weighted by molar-refractivity contribution is 5.78. The van der Waals surface area contributed by atoms with Crippen LogP contribution < -0.4 is 5.56 Å². The molecule has 2 aromatic heterocycles. The number of imidazole rings is 1. The minimum atomic E-state index is -0.0882. The average molecular weight is 415 g/mol. The highest BCUT2D eigenvalue weighted by Gasteiger charge is 2.26. The number of amides is 1. The molecule has 0 unspecified atom stereocenters. The number of piperidine rings is 1. The van der Waals surface area contributed by atoms with Crippen LogP contribution >= 0.6 is 0 Å². The Morgan fingerprint density at radius 1 is 1.10 bits per heavy atom. The number of aryl methyl sites for hydroxylation is 1. The maximum Gasteiger partial charge on any atom is 0.261 e. The Balaban J connectivity index is 1.29. The number of rotatable bonds is 4. The van der Waals surface area contributed by atoms with Crippen molar-refractivity contribution in [3.63, 3.8) is 0 Å². The van der Waals surface area contributed by atoms with E-state index in [1.54, 1.807) is 10.6 Å². The monoisotopic (exact) mass is 415 g/mol. The molecule has 5 rings (SSSR count). The Hall–Kier alpha value is -3.48. The average Bonchev–Trinajstić information content (AvgIpc) is 3.23. The third kappa shape index (κ3) is 3.71. The fourth-order valence-corrected chi connectivity index (χ4v) is 4.50. The van der Waals surface area contributed by atoms with Gasteiger partial charge in [0.25, 0.3) is 5.56 Å². The lowest BCUT2D eigenvalue weighted by atomic mass is 9.97. The Bertz CT molecular complexity index is 1290. The predicted octanol–water partition coefficient (Wildman–Crippen LogP) is 3.38. The van der Waals surface area contributed by atoms with E-state index in [0.29, 0.717) is 29.8 Å². The van der Waals surface area contributed by atoms with Crippen LogP contribution in [0.1, 0.15) is 36.8 Å². The van der Waals surface area contributed by atoms with E-state index in [1.807, 2.05) is 54.3 Å². The van der Waals surface area contributed by atoms with Crippen LogP contribution in [0.15, 0.2) is 53.3 Å². The number of hydrogen-bond donors (Lipinski definition) is 1. The molecule has 0 radical (unpaired) electrons. The quantitative estimate of drug-likeness (QED) is 0.554. The summed E-state index contributed by atoms with van der Waals surface area (Å²) in [5, 5.41) is 0.587. The second-order valence-corrected chi connectivity index (χ2v) is 8.20. The van der Waals surface area contributed by atoms with Gasteiger partial charge >= 0.3 is 0 Å². The molecule has 7 nitrogen and oxygen atoms in total. The van der Waals surface area contributed by atoms with Gasteiger partial charge in [-0.2, -0.15) is 0 Å². The highest BCUT2D eigenvalue weighted by atomic mass is 16.2. The Kier molecular flexibility index (Phi) is 5.02. The van der Waals surface area contributed by atoms with Gasteiger partial charge in [0.15, 0.2) is 0 Å². The van der Waals surface area contributed by atoms with E-state index >= 15 is 0 Å². The van der Waals surface area contributed by atoms with Crippen molar-refractivity contribution in [2.75, 3.05) is 13.1 Å². The molecular formula is C24H25N5O2. The van der Waals surface area contributed by atoms with Gasteiger partial charge in [0, 0.05) is 32.0 Å². The number of aromatic amines is 1. The lowest BCUT2D eigenvalue weighted by Crippen LogP contribution is -2.40. The summed E-state index contributed by atoms with van der Waals surface area (Å²) >= 11 is 0. The normalized spacial score (nSPS) is 16.8. The number of benzene rings is 2. The standard InChI is InChI=1S/C24H25N5O2/c1-16-25-19-9-3-2-8-18(19)24(31)29(16)14-12-22(30)28-13-6-7-17(15-28)23-26-20-10-4-5-11-21(20)27-23/h2-5,8-11,17H,6-7,12-15H2,1H3,(H,26,27)/t17-/m0/s1. The summed E-state index contributed by atoms with van der Waals surface area (Å²) in [5.41, 5.74) is 2.59. The zero-order valence-electron chi connectivity index (χ0n) is 17.5. The van der Waals surface area contributed by atoms with Gasteiger partial charge in [-0.3, -0.25) is 14.2 Å². The maximum atomic E-state index is 13.0. The van der Waals surface area contributed by atoms with Gasteiger partial charge in [0.1, 0.15) is 11.6 Å². The predicted molar refractivity (Wildman–Crippen MR) is 120 cm³/mol. The van der Waals surface area contributed by atoms with Crippen molar-refractivity contribution in [3.8, 4) is 0 Å². The second kappa shape index (κ2) is 7.98.